The molecule has 1 unspecified atom stereocenters. The number of hydrogen-bond acceptors (Lipinski definition) is 3. The average molecular weight is 261 g/mol. The molecular weight excluding hydrogens is 242 g/mol. The van der Waals surface area contributed by atoms with Gasteiger partial charge in [0.05, 0.1) is 13.2 Å². The first-order valence-corrected chi connectivity index (χ1v) is 7.12. The maximum atomic E-state index is 12.1. The van der Waals surface area contributed by atoms with Gasteiger partial charge in [-0.25, -0.2) is 0 Å². The van der Waals surface area contributed by atoms with Crippen LogP contribution in [0.2, 0.25) is 0 Å². The minimum atomic E-state index is 0. The second-order valence-corrected chi connectivity index (χ2v) is 4.87. The Bertz CT molecular complexity index is 358. The van der Waals surface area contributed by atoms with Crippen molar-refractivity contribution in [1.82, 2.24) is 0 Å². The van der Waals surface area contributed by atoms with Crippen molar-refractivity contribution in [2.75, 3.05) is 19.4 Å². The summed E-state index contributed by atoms with van der Waals surface area (Å²) >= 11 is 0. The monoisotopic (exact) mass is 261 g/mol. The molecule has 95 valence electrons. The van der Waals surface area contributed by atoms with E-state index in [4.69, 9.17) is 9.47 Å². The van der Waals surface area contributed by atoms with Crippen LogP contribution in [-0.4, -0.2) is 43.8 Å². The van der Waals surface area contributed by atoms with E-state index in [1.807, 2.05) is 39.0 Å². The predicted molar refractivity (Wildman–Crippen MR) is 77.7 cm³/mol. The molecule has 1 rings (SSSR count). The number of benzene rings is 1. The molecule has 0 heterocycles. The standard InChI is InChI=1S/C13H19O3P.Li/c1-4-15-10-8-7-9-11(16-5-2)12(10)13(14)17-6-3;/h7-9,17H,4-6H2,1-3H3;. The van der Waals surface area contributed by atoms with Crippen molar-refractivity contribution in [2.45, 2.75) is 20.8 Å². The Morgan fingerprint density at radius 3 is 2.00 bits per heavy atom. The van der Waals surface area contributed by atoms with Gasteiger partial charge < -0.3 is 9.47 Å². The maximum absolute atomic E-state index is 12.1. The Morgan fingerprint density at radius 2 is 1.61 bits per heavy atom. The Labute approximate surface area is 123 Å². The summed E-state index contributed by atoms with van der Waals surface area (Å²) in [5.41, 5.74) is 0.705. The SMILES string of the molecule is CCOc1cccc(OCC)c1C(=O)PCC.[Li]. The molecule has 0 aliphatic heterocycles. The largest absolute Gasteiger partial charge is 0.493 e. The normalized spacial score (nSPS) is 10.2. The van der Waals surface area contributed by atoms with Gasteiger partial charge in [0.1, 0.15) is 17.1 Å². The summed E-state index contributed by atoms with van der Waals surface area (Å²) in [6.45, 7) is 6.91. The molecule has 0 amide bonds. The molecule has 3 nitrogen and oxygen atoms in total. The van der Waals surface area contributed by atoms with Crippen LogP contribution in [0.1, 0.15) is 31.1 Å². The summed E-state index contributed by atoms with van der Waals surface area (Å²) in [5, 5.41) is 0. The Balaban J connectivity index is 0.00000289. The molecule has 0 aliphatic rings. The number of carbonyl (C=O) groups is 1. The van der Waals surface area contributed by atoms with E-state index in [0.29, 0.717) is 30.3 Å². The van der Waals surface area contributed by atoms with Crippen molar-refractivity contribution in [3.05, 3.63) is 23.8 Å². The van der Waals surface area contributed by atoms with E-state index < -0.39 is 0 Å². The minimum Gasteiger partial charge on any atom is -0.493 e. The van der Waals surface area contributed by atoms with Gasteiger partial charge in [-0.05, 0) is 40.7 Å². The van der Waals surface area contributed by atoms with Gasteiger partial charge in [0, 0.05) is 18.9 Å². The molecule has 1 aromatic rings. The topological polar surface area (TPSA) is 35.5 Å². The Kier molecular flexibility index (Phi) is 9.19. The Hall–Kier alpha value is -0.483. The predicted octanol–water partition coefficient (Wildman–Crippen LogP) is 2.94. The quantitative estimate of drug-likeness (QED) is 0.559. The van der Waals surface area contributed by atoms with Crippen molar-refractivity contribution in [2.24, 2.45) is 0 Å². The van der Waals surface area contributed by atoms with Gasteiger partial charge in [-0.15, -0.1) is 0 Å². The molecule has 1 aromatic carbocycles. The second kappa shape index (κ2) is 9.45. The van der Waals surface area contributed by atoms with Gasteiger partial charge in [-0.3, -0.25) is 4.79 Å². The van der Waals surface area contributed by atoms with Crippen LogP contribution < -0.4 is 9.47 Å². The first kappa shape index (κ1) is 17.5. The maximum Gasteiger partial charge on any atom is 0.188 e. The van der Waals surface area contributed by atoms with E-state index in [0.717, 1.165) is 6.16 Å². The summed E-state index contributed by atoms with van der Waals surface area (Å²) in [5.74, 6) is 1.26. The molecule has 1 radical (unpaired) electrons. The van der Waals surface area contributed by atoms with Crippen LogP contribution in [0.3, 0.4) is 0 Å². The van der Waals surface area contributed by atoms with Crippen LogP contribution in [0.5, 0.6) is 11.5 Å². The number of rotatable bonds is 7. The summed E-state index contributed by atoms with van der Waals surface area (Å²) in [6.07, 6.45) is 0.852. The van der Waals surface area contributed by atoms with Crippen LogP contribution in [-0.2, 0) is 0 Å². The summed E-state index contributed by atoms with van der Waals surface area (Å²) in [6, 6.07) is 5.49. The molecule has 0 fully saturated rings. The molecule has 1 atom stereocenters. The van der Waals surface area contributed by atoms with E-state index in [1.165, 1.54) is 0 Å². The van der Waals surface area contributed by atoms with Gasteiger partial charge in [-0.1, -0.05) is 13.0 Å². The van der Waals surface area contributed by atoms with Crippen LogP contribution >= 0.6 is 8.58 Å². The summed E-state index contributed by atoms with van der Waals surface area (Å²) in [7, 11) is 0.269. The average Bonchev–Trinajstić information content (AvgIpc) is 2.30. The third kappa shape index (κ3) is 4.65. The number of ether oxygens (including phenoxy) is 2. The molecule has 0 N–H and O–H groups in total. The molecule has 0 aliphatic carbocycles. The van der Waals surface area contributed by atoms with Crippen LogP contribution in [0.15, 0.2) is 18.2 Å². The van der Waals surface area contributed by atoms with Gasteiger partial charge in [-0.2, -0.15) is 0 Å². The van der Waals surface area contributed by atoms with Crippen LogP contribution in [0.25, 0.3) is 0 Å². The fraction of sp³-hybridized carbons (Fsp3) is 0.462. The third-order valence-electron chi connectivity index (χ3n) is 2.15. The van der Waals surface area contributed by atoms with E-state index in [2.05, 4.69) is 0 Å². The van der Waals surface area contributed by atoms with Gasteiger partial charge >= 0.3 is 0 Å². The zero-order valence-electron chi connectivity index (χ0n) is 11.6. The van der Waals surface area contributed by atoms with Gasteiger partial charge in [0.25, 0.3) is 0 Å². The van der Waals surface area contributed by atoms with Crippen LogP contribution in [0.4, 0.5) is 0 Å². The van der Waals surface area contributed by atoms with Gasteiger partial charge in [0.15, 0.2) is 5.52 Å². The molecular formula is C13H19LiO3P. The fourth-order valence-electron chi connectivity index (χ4n) is 1.54. The van der Waals surface area contributed by atoms with Crippen LogP contribution in [0, 0.1) is 0 Å². The van der Waals surface area contributed by atoms with Crippen molar-refractivity contribution in [3.8, 4) is 11.5 Å². The zero-order chi connectivity index (χ0) is 12.7. The molecule has 0 saturated carbocycles. The van der Waals surface area contributed by atoms with E-state index >= 15 is 0 Å². The van der Waals surface area contributed by atoms with E-state index in [1.54, 1.807) is 0 Å². The van der Waals surface area contributed by atoms with Gasteiger partial charge in [0.2, 0.25) is 0 Å². The van der Waals surface area contributed by atoms with Crippen molar-refractivity contribution in [1.29, 1.82) is 0 Å². The summed E-state index contributed by atoms with van der Waals surface area (Å²) in [4.78, 5) is 12.1. The second-order valence-electron chi connectivity index (χ2n) is 3.35. The van der Waals surface area contributed by atoms with E-state index in [9.17, 15) is 4.79 Å². The molecule has 0 aromatic heterocycles. The smallest absolute Gasteiger partial charge is 0.188 e. The summed E-state index contributed by atoms with van der Waals surface area (Å²) < 4.78 is 11.0. The van der Waals surface area contributed by atoms with Crippen molar-refractivity contribution >= 4 is 33.0 Å². The molecule has 0 saturated heterocycles. The molecule has 5 heteroatoms. The first-order chi connectivity index (χ1) is 8.24. The number of carbonyl (C=O) groups excluding carboxylic acids is 1. The minimum absolute atomic E-state index is 0. The third-order valence-corrected chi connectivity index (χ3v) is 3.08. The molecule has 0 spiro atoms. The van der Waals surface area contributed by atoms with E-state index in [-0.39, 0.29) is 33.0 Å². The molecule has 18 heavy (non-hydrogen) atoms. The number of hydrogen-bond donors (Lipinski definition) is 0. The zero-order valence-corrected chi connectivity index (χ0v) is 12.6. The fourth-order valence-corrected chi connectivity index (χ4v) is 2.28. The Morgan fingerprint density at radius 1 is 1.11 bits per heavy atom. The molecule has 0 bridgehead atoms. The van der Waals surface area contributed by atoms with Crippen molar-refractivity contribution in [3.63, 3.8) is 0 Å². The first-order valence-electron chi connectivity index (χ1n) is 5.91. The van der Waals surface area contributed by atoms with Crippen molar-refractivity contribution < 1.29 is 14.3 Å².